The third kappa shape index (κ3) is 3.70. The molecular weight excluding hydrogens is 410 g/mol. The molecule has 0 N–H and O–H groups in total. The van der Waals surface area contributed by atoms with Crippen LogP contribution in [0.5, 0.6) is 11.5 Å². The molecule has 2 rings (SSSR count). The molecule has 0 fully saturated rings. The van der Waals surface area contributed by atoms with Crippen LogP contribution in [0, 0.1) is 11.3 Å². The minimum atomic E-state index is 0.570. The van der Waals surface area contributed by atoms with E-state index in [-0.39, 0.29) is 0 Å². The van der Waals surface area contributed by atoms with Gasteiger partial charge in [0.05, 0.1) is 25.9 Å². The molecule has 0 heterocycles. The number of benzene rings is 2. The fourth-order valence-corrected chi connectivity index (χ4v) is 2.65. The van der Waals surface area contributed by atoms with Gasteiger partial charge >= 0.3 is 0 Å². The first-order chi connectivity index (χ1) is 10.6. The van der Waals surface area contributed by atoms with E-state index in [4.69, 9.17) is 9.47 Å². The molecule has 22 heavy (non-hydrogen) atoms. The number of allylic oxidation sites excluding steroid dienone is 1. The van der Waals surface area contributed by atoms with Gasteiger partial charge in [0.1, 0.15) is 0 Å². The molecule has 2 aromatic rings. The Balaban J connectivity index is 2.50. The number of hydrogen-bond donors (Lipinski definition) is 0. The predicted molar refractivity (Wildman–Crippen MR) is 94.9 cm³/mol. The van der Waals surface area contributed by atoms with Gasteiger partial charge in [0, 0.05) is 8.95 Å². The van der Waals surface area contributed by atoms with Crippen molar-refractivity contribution in [2.45, 2.75) is 0 Å². The van der Waals surface area contributed by atoms with Crippen molar-refractivity contribution < 1.29 is 9.47 Å². The Morgan fingerprint density at radius 3 is 2.18 bits per heavy atom. The van der Waals surface area contributed by atoms with Crippen molar-refractivity contribution >= 4 is 43.5 Å². The highest BCUT2D eigenvalue weighted by atomic mass is 79.9. The average molecular weight is 423 g/mol. The van der Waals surface area contributed by atoms with E-state index in [0.717, 1.165) is 20.1 Å². The molecule has 0 saturated carbocycles. The second-order valence-electron chi connectivity index (χ2n) is 4.41. The number of nitrogens with zero attached hydrogens (tertiary/aromatic N) is 1. The van der Waals surface area contributed by atoms with Crippen LogP contribution in [0.4, 0.5) is 0 Å². The zero-order valence-electron chi connectivity index (χ0n) is 12.1. The normalized spacial score (nSPS) is 11.0. The van der Waals surface area contributed by atoms with Crippen LogP contribution >= 0.6 is 31.9 Å². The van der Waals surface area contributed by atoms with Crippen molar-refractivity contribution in [2.24, 2.45) is 0 Å². The minimum Gasteiger partial charge on any atom is -0.493 e. The van der Waals surface area contributed by atoms with Crippen LogP contribution < -0.4 is 9.47 Å². The molecule has 0 aliphatic rings. The third-order valence-corrected chi connectivity index (χ3v) is 4.29. The molecule has 0 aromatic heterocycles. The first-order valence-corrected chi connectivity index (χ1v) is 7.97. The van der Waals surface area contributed by atoms with Gasteiger partial charge in [-0.2, -0.15) is 5.26 Å². The molecule has 0 amide bonds. The Bertz CT molecular complexity index is 746. The van der Waals surface area contributed by atoms with Crippen molar-refractivity contribution in [3.8, 4) is 17.6 Å². The summed E-state index contributed by atoms with van der Waals surface area (Å²) in [6, 6.07) is 13.5. The van der Waals surface area contributed by atoms with E-state index in [2.05, 4.69) is 37.9 Å². The van der Waals surface area contributed by atoms with E-state index in [1.807, 2.05) is 42.5 Å². The maximum Gasteiger partial charge on any atom is 0.161 e. The van der Waals surface area contributed by atoms with E-state index in [9.17, 15) is 5.26 Å². The zero-order valence-corrected chi connectivity index (χ0v) is 15.2. The lowest BCUT2D eigenvalue weighted by Gasteiger charge is -2.10. The van der Waals surface area contributed by atoms with Crippen molar-refractivity contribution in [1.82, 2.24) is 0 Å². The average Bonchev–Trinajstić information content (AvgIpc) is 2.54. The predicted octanol–water partition coefficient (Wildman–Crippen LogP) is 5.29. The molecule has 0 aliphatic heterocycles. The van der Waals surface area contributed by atoms with E-state index in [1.165, 1.54) is 0 Å². The zero-order chi connectivity index (χ0) is 16.1. The van der Waals surface area contributed by atoms with Gasteiger partial charge in [0.25, 0.3) is 0 Å². The fourth-order valence-electron chi connectivity index (χ4n) is 1.95. The second kappa shape index (κ2) is 7.48. The molecular formula is C17H13Br2NO2. The molecule has 0 atom stereocenters. The maximum absolute atomic E-state index is 9.43. The lowest BCUT2D eigenvalue weighted by molar-refractivity contribution is 0.354. The monoisotopic (exact) mass is 421 g/mol. The Morgan fingerprint density at radius 1 is 1.05 bits per heavy atom. The topological polar surface area (TPSA) is 42.2 Å². The summed E-state index contributed by atoms with van der Waals surface area (Å²) in [5.74, 6) is 1.25. The van der Waals surface area contributed by atoms with Crippen LogP contribution in [0.25, 0.3) is 11.6 Å². The van der Waals surface area contributed by atoms with Gasteiger partial charge < -0.3 is 9.47 Å². The summed E-state index contributed by atoms with van der Waals surface area (Å²) in [6.45, 7) is 0. The van der Waals surface area contributed by atoms with Crippen molar-refractivity contribution in [3.63, 3.8) is 0 Å². The standard InChI is InChI=1S/C17H13Br2NO2/c1-21-16-8-12(15(19)9-17(16)22-2)7-13(10-20)11-3-5-14(18)6-4-11/h3-9H,1-2H3/b13-7+. The van der Waals surface area contributed by atoms with Crippen molar-refractivity contribution in [3.05, 3.63) is 56.5 Å². The molecule has 0 bridgehead atoms. The summed E-state index contributed by atoms with van der Waals surface area (Å²) in [7, 11) is 3.17. The summed E-state index contributed by atoms with van der Waals surface area (Å²) in [6.07, 6.45) is 1.81. The summed E-state index contributed by atoms with van der Waals surface area (Å²) >= 11 is 6.89. The highest BCUT2D eigenvalue weighted by molar-refractivity contribution is 9.10. The number of rotatable bonds is 4. The first-order valence-electron chi connectivity index (χ1n) is 6.38. The summed E-state index contributed by atoms with van der Waals surface area (Å²) in [5, 5.41) is 9.43. The lowest BCUT2D eigenvalue weighted by Crippen LogP contribution is -1.92. The van der Waals surface area contributed by atoms with Gasteiger partial charge in [-0.3, -0.25) is 0 Å². The highest BCUT2D eigenvalue weighted by Gasteiger charge is 2.10. The highest BCUT2D eigenvalue weighted by Crippen LogP contribution is 2.35. The second-order valence-corrected chi connectivity index (χ2v) is 6.18. The van der Waals surface area contributed by atoms with Gasteiger partial charge in [0.2, 0.25) is 0 Å². The number of nitriles is 1. The van der Waals surface area contributed by atoms with Crippen LogP contribution in [0.15, 0.2) is 45.3 Å². The van der Waals surface area contributed by atoms with Crippen LogP contribution in [0.2, 0.25) is 0 Å². The van der Waals surface area contributed by atoms with Gasteiger partial charge in [0.15, 0.2) is 11.5 Å². The maximum atomic E-state index is 9.43. The van der Waals surface area contributed by atoms with E-state index >= 15 is 0 Å². The van der Waals surface area contributed by atoms with Gasteiger partial charge in [-0.05, 0) is 41.5 Å². The number of halogens is 2. The van der Waals surface area contributed by atoms with Gasteiger partial charge in [-0.15, -0.1) is 0 Å². The molecule has 0 aliphatic carbocycles. The number of ether oxygens (including phenoxy) is 2. The molecule has 0 unspecified atom stereocenters. The Morgan fingerprint density at radius 2 is 1.64 bits per heavy atom. The number of methoxy groups -OCH3 is 2. The summed E-state index contributed by atoms with van der Waals surface area (Å²) in [5.41, 5.74) is 2.27. The molecule has 0 radical (unpaired) electrons. The van der Waals surface area contributed by atoms with Crippen LogP contribution in [0.3, 0.4) is 0 Å². The van der Waals surface area contributed by atoms with Crippen LogP contribution in [-0.4, -0.2) is 14.2 Å². The Kier molecular flexibility index (Phi) is 5.64. The summed E-state index contributed by atoms with van der Waals surface area (Å²) in [4.78, 5) is 0. The molecule has 0 saturated heterocycles. The first kappa shape index (κ1) is 16.6. The van der Waals surface area contributed by atoms with Crippen molar-refractivity contribution in [1.29, 1.82) is 5.26 Å². The van der Waals surface area contributed by atoms with Crippen molar-refractivity contribution in [2.75, 3.05) is 14.2 Å². The molecule has 2 aromatic carbocycles. The van der Waals surface area contributed by atoms with E-state index in [0.29, 0.717) is 17.1 Å². The molecule has 112 valence electrons. The SMILES string of the molecule is COc1cc(Br)c(/C=C(\C#N)c2ccc(Br)cc2)cc1OC. The fraction of sp³-hybridized carbons (Fsp3) is 0.118. The Hall–Kier alpha value is -1.77. The largest absolute Gasteiger partial charge is 0.493 e. The smallest absolute Gasteiger partial charge is 0.161 e. The molecule has 3 nitrogen and oxygen atoms in total. The summed E-state index contributed by atoms with van der Waals surface area (Å²) < 4.78 is 12.4. The molecule has 0 spiro atoms. The van der Waals surface area contributed by atoms with E-state index in [1.54, 1.807) is 14.2 Å². The third-order valence-electron chi connectivity index (χ3n) is 3.08. The van der Waals surface area contributed by atoms with Gasteiger partial charge in [-0.25, -0.2) is 0 Å². The van der Waals surface area contributed by atoms with Crippen LogP contribution in [-0.2, 0) is 0 Å². The minimum absolute atomic E-state index is 0.570. The van der Waals surface area contributed by atoms with Crippen LogP contribution in [0.1, 0.15) is 11.1 Å². The molecule has 5 heteroatoms. The van der Waals surface area contributed by atoms with E-state index < -0.39 is 0 Å². The van der Waals surface area contributed by atoms with Gasteiger partial charge in [-0.1, -0.05) is 44.0 Å². The number of hydrogen-bond acceptors (Lipinski definition) is 3. The Labute approximate surface area is 146 Å². The quantitative estimate of drug-likeness (QED) is 0.496. The lowest BCUT2D eigenvalue weighted by atomic mass is 10.0.